The van der Waals surface area contributed by atoms with E-state index in [4.69, 9.17) is 4.42 Å². The third kappa shape index (κ3) is 2.42. The van der Waals surface area contributed by atoms with E-state index in [1.54, 1.807) is 6.26 Å². The number of rotatable bonds is 2. The van der Waals surface area contributed by atoms with E-state index in [-0.39, 0.29) is 17.7 Å². The lowest BCUT2D eigenvalue weighted by Gasteiger charge is -2.19. The van der Waals surface area contributed by atoms with Gasteiger partial charge in [-0.05, 0) is 29.7 Å². The van der Waals surface area contributed by atoms with Gasteiger partial charge in [-0.3, -0.25) is 14.9 Å². The minimum atomic E-state index is -0.333. The molecule has 1 unspecified atom stereocenters. The van der Waals surface area contributed by atoms with Gasteiger partial charge >= 0.3 is 0 Å². The Morgan fingerprint density at radius 2 is 1.83 bits per heavy atom. The number of carbonyl (C=O) groups excluding carboxylic acids is 2. The Balaban J connectivity index is 1.79. The molecule has 1 aliphatic rings. The standard InChI is InChI=1S/C19H15NO3/c21-18-9-7-14(19(22)20-18)16-11-23-17-8-6-13(10-15(16)17)12-4-2-1-3-5-12/h1-6,8,10-11,14H,7,9H2,(H,20,21,22). The van der Waals surface area contributed by atoms with Crippen LogP contribution < -0.4 is 5.32 Å². The van der Waals surface area contributed by atoms with E-state index in [1.807, 2.05) is 48.5 Å². The zero-order chi connectivity index (χ0) is 15.8. The number of furan rings is 1. The fraction of sp³-hybridized carbons (Fsp3) is 0.158. The van der Waals surface area contributed by atoms with Crippen LogP contribution in [0.15, 0.2) is 59.2 Å². The Kier molecular flexibility index (Phi) is 3.23. The van der Waals surface area contributed by atoms with Crippen molar-refractivity contribution in [3.8, 4) is 11.1 Å². The van der Waals surface area contributed by atoms with Crippen molar-refractivity contribution >= 4 is 22.8 Å². The van der Waals surface area contributed by atoms with E-state index < -0.39 is 0 Å². The van der Waals surface area contributed by atoms with Crippen LogP contribution >= 0.6 is 0 Å². The average Bonchev–Trinajstić information content (AvgIpc) is 2.99. The molecule has 0 saturated carbocycles. The molecule has 2 heterocycles. The van der Waals surface area contributed by atoms with Crippen molar-refractivity contribution in [1.82, 2.24) is 5.32 Å². The first-order chi connectivity index (χ1) is 11.2. The highest BCUT2D eigenvalue weighted by molar-refractivity contribution is 6.03. The summed E-state index contributed by atoms with van der Waals surface area (Å²) >= 11 is 0. The van der Waals surface area contributed by atoms with E-state index in [0.29, 0.717) is 12.8 Å². The molecule has 0 bridgehead atoms. The molecule has 4 rings (SSSR count). The second-order valence-corrected chi connectivity index (χ2v) is 5.77. The Morgan fingerprint density at radius 3 is 2.61 bits per heavy atom. The summed E-state index contributed by atoms with van der Waals surface area (Å²) in [4.78, 5) is 23.5. The van der Waals surface area contributed by atoms with Crippen molar-refractivity contribution in [1.29, 1.82) is 0 Å². The van der Waals surface area contributed by atoms with E-state index in [1.165, 1.54) is 0 Å². The highest BCUT2D eigenvalue weighted by Crippen LogP contribution is 2.34. The number of benzene rings is 2. The lowest BCUT2D eigenvalue weighted by molar-refractivity contribution is -0.134. The first-order valence-corrected chi connectivity index (χ1v) is 7.62. The van der Waals surface area contributed by atoms with Gasteiger partial charge in [0.2, 0.25) is 11.8 Å². The number of hydrogen-bond donors (Lipinski definition) is 1. The molecular formula is C19H15NO3. The third-order valence-corrected chi connectivity index (χ3v) is 4.33. The predicted molar refractivity (Wildman–Crippen MR) is 86.8 cm³/mol. The molecule has 4 nitrogen and oxygen atoms in total. The highest BCUT2D eigenvalue weighted by atomic mass is 16.3. The first kappa shape index (κ1) is 13.8. The van der Waals surface area contributed by atoms with E-state index >= 15 is 0 Å². The molecule has 1 atom stereocenters. The fourth-order valence-electron chi connectivity index (χ4n) is 3.12. The molecule has 1 N–H and O–H groups in total. The summed E-state index contributed by atoms with van der Waals surface area (Å²) in [6.07, 6.45) is 2.52. The first-order valence-electron chi connectivity index (χ1n) is 7.62. The Morgan fingerprint density at radius 1 is 1.00 bits per heavy atom. The quantitative estimate of drug-likeness (QED) is 0.736. The topological polar surface area (TPSA) is 59.3 Å². The maximum Gasteiger partial charge on any atom is 0.234 e. The van der Waals surface area contributed by atoms with Gasteiger partial charge in [0.1, 0.15) is 5.58 Å². The van der Waals surface area contributed by atoms with Crippen molar-refractivity contribution in [2.75, 3.05) is 0 Å². The Hall–Kier alpha value is -2.88. The van der Waals surface area contributed by atoms with Crippen LogP contribution in [-0.2, 0) is 9.59 Å². The van der Waals surface area contributed by atoms with Gasteiger partial charge in [-0.15, -0.1) is 0 Å². The Labute approximate surface area is 133 Å². The number of carbonyl (C=O) groups is 2. The maximum absolute atomic E-state index is 12.1. The smallest absolute Gasteiger partial charge is 0.234 e. The van der Waals surface area contributed by atoms with Gasteiger partial charge in [0, 0.05) is 17.4 Å². The van der Waals surface area contributed by atoms with Crippen LogP contribution in [0.5, 0.6) is 0 Å². The SMILES string of the molecule is O=C1CCC(c2coc3ccc(-c4ccccc4)cc23)C(=O)N1. The largest absolute Gasteiger partial charge is 0.464 e. The van der Waals surface area contributed by atoms with Crippen molar-refractivity contribution < 1.29 is 14.0 Å². The van der Waals surface area contributed by atoms with Crippen molar-refractivity contribution in [3.05, 3.63) is 60.4 Å². The summed E-state index contributed by atoms with van der Waals surface area (Å²) in [7, 11) is 0. The van der Waals surface area contributed by atoms with Crippen LogP contribution in [0.25, 0.3) is 22.1 Å². The monoisotopic (exact) mass is 305 g/mol. The summed E-state index contributed by atoms with van der Waals surface area (Å²) < 4.78 is 5.60. The summed E-state index contributed by atoms with van der Waals surface area (Å²) in [5, 5.41) is 3.34. The minimum absolute atomic E-state index is 0.205. The third-order valence-electron chi connectivity index (χ3n) is 4.33. The van der Waals surface area contributed by atoms with Crippen LogP contribution in [0, 0.1) is 0 Å². The lowest BCUT2D eigenvalue weighted by Crippen LogP contribution is -2.39. The van der Waals surface area contributed by atoms with Gasteiger partial charge in [-0.1, -0.05) is 36.4 Å². The zero-order valence-electron chi connectivity index (χ0n) is 12.4. The van der Waals surface area contributed by atoms with Crippen LogP contribution in [0.4, 0.5) is 0 Å². The van der Waals surface area contributed by atoms with Crippen molar-refractivity contribution in [2.45, 2.75) is 18.8 Å². The summed E-state index contributed by atoms with van der Waals surface area (Å²) in [6, 6.07) is 16.1. The van der Waals surface area contributed by atoms with Gasteiger partial charge in [-0.25, -0.2) is 0 Å². The normalized spacial score (nSPS) is 18.2. The molecule has 1 fully saturated rings. The molecule has 2 amide bonds. The number of piperidine rings is 1. The van der Waals surface area contributed by atoms with Gasteiger partial charge in [0.15, 0.2) is 0 Å². The van der Waals surface area contributed by atoms with E-state index in [2.05, 4.69) is 5.32 Å². The number of imide groups is 1. The number of hydrogen-bond acceptors (Lipinski definition) is 3. The Bertz CT molecular complexity index is 895. The predicted octanol–water partition coefficient (Wildman–Crippen LogP) is 3.62. The van der Waals surface area contributed by atoms with Crippen LogP contribution in [0.3, 0.4) is 0 Å². The molecule has 2 aromatic carbocycles. The lowest BCUT2D eigenvalue weighted by atomic mass is 9.89. The average molecular weight is 305 g/mol. The minimum Gasteiger partial charge on any atom is -0.464 e. The second kappa shape index (κ2) is 5.39. The summed E-state index contributed by atoms with van der Waals surface area (Å²) in [5.41, 5.74) is 3.80. The molecule has 3 aromatic rings. The summed E-state index contributed by atoms with van der Waals surface area (Å²) in [6.45, 7) is 0. The van der Waals surface area contributed by atoms with Gasteiger partial charge in [0.25, 0.3) is 0 Å². The molecule has 0 radical (unpaired) electrons. The molecule has 1 aromatic heterocycles. The number of nitrogens with one attached hydrogen (secondary N) is 1. The number of amides is 2. The van der Waals surface area contributed by atoms with E-state index in [0.717, 1.165) is 27.7 Å². The zero-order valence-corrected chi connectivity index (χ0v) is 12.4. The number of fused-ring (bicyclic) bond motifs is 1. The molecule has 4 heteroatoms. The fourth-order valence-corrected chi connectivity index (χ4v) is 3.12. The van der Waals surface area contributed by atoms with Gasteiger partial charge in [0.05, 0.1) is 12.2 Å². The van der Waals surface area contributed by atoms with Crippen molar-refractivity contribution in [3.63, 3.8) is 0 Å². The molecule has 1 aliphatic heterocycles. The van der Waals surface area contributed by atoms with Crippen LogP contribution in [0.1, 0.15) is 24.3 Å². The second-order valence-electron chi connectivity index (χ2n) is 5.77. The van der Waals surface area contributed by atoms with Gasteiger partial charge in [-0.2, -0.15) is 0 Å². The van der Waals surface area contributed by atoms with Gasteiger partial charge < -0.3 is 4.42 Å². The molecule has 1 saturated heterocycles. The molecule has 23 heavy (non-hydrogen) atoms. The van der Waals surface area contributed by atoms with Crippen molar-refractivity contribution in [2.24, 2.45) is 0 Å². The van der Waals surface area contributed by atoms with Crippen LogP contribution in [-0.4, -0.2) is 11.8 Å². The molecule has 114 valence electrons. The van der Waals surface area contributed by atoms with E-state index in [9.17, 15) is 9.59 Å². The molecule has 0 spiro atoms. The molecule has 0 aliphatic carbocycles. The highest BCUT2D eigenvalue weighted by Gasteiger charge is 2.30. The maximum atomic E-state index is 12.1. The van der Waals surface area contributed by atoms with Crippen LogP contribution in [0.2, 0.25) is 0 Å². The summed E-state index contributed by atoms with van der Waals surface area (Å²) in [5.74, 6) is -0.780. The molecular weight excluding hydrogens is 290 g/mol.